The fourth-order valence-corrected chi connectivity index (χ4v) is 4.68. The highest BCUT2D eigenvalue weighted by Gasteiger charge is 2.22. The lowest BCUT2D eigenvalue weighted by Gasteiger charge is -2.38. The van der Waals surface area contributed by atoms with Crippen molar-refractivity contribution in [2.24, 2.45) is 0 Å². The number of anilines is 1. The van der Waals surface area contributed by atoms with E-state index in [1.807, 2.05) is 18.2 Å². The van der Waals surface area contributed by atoms with Crippen molar-refractivity contribution in [3.8, 4) is 0 Å². The van der Waals surface area contributed by atoms with Crippen molar-refractivity contribution in [1.82, 2.24) is 19.4 Å². The molecule has 1 N–H and O–H groups in total. The van der Waals surface area contributed by atoms with Crippen LogP contribution < -0.4 is 10.5 Å². The molecule has 4 rings (SSSR count). The van der Waals surface area contributed by atoms with E-state index in [4.69, 9.17) is 5.11 Å². The van der Waals surface area contributed by atoms with Gasteiger partial charge >= 0.3 is 0 Å². The highest BCUT2D eigenvalue weighted by molar-refractivity contribution is 5.81. The minimum Gasteiger partial charge on any atom is -0.395 e. The maximum atomic E-state index is 12.5. The average Bonchev–Trinajstić information content (AvgIpc) is 2.75. The van der Waals surface area contributed by atoms with E-state index in [2.05, 4.69) is 26.7 Å². The number of nitrogens with zero attached hydrogens (tertiary/aromatic N) is 5. The van der Waals surface area contributed by atoms with Gasteiger partial charge < -0.3 is 14.9 Å². The van der Waals surface area contributed by atoms with Crippen LogP contribution in [0.3, 0.4) is 0 Å². The molecule has 1 atom stereocenters. The predicted molar refractivity (Wildman–Crippen MR) is 117 cm³/mol. The molecule has 2 aliphatic heterocycles. The molecule has 0 radical (unpaired) electrons. The summed E-state index contributed by atoms with van der Waals surface area (Å²) in [5, 5.41) is 9.69. The van der Waals surface area contributed by atoms with Crippen LogP contribution in [0, 0.1) is 0 Å². The minimum atomic E-state index is -0.0897. The van der Waals surface area contributed by atoms with E-state index in [-0.39, 0.29) is 18.7 Å². The van der Waals surface area contributed by atoms with Gasteiger partial charge in [-0.05, 0) is 57.6 Å². The third kappa shape index (κ3) is 4.63. The zero-order chi connectivity index (χ0) is 20.2. The van der Waals surface area contributed by atoms with Gasteiger partial charge in [0.1, 0.15) is 0 Å². The van der Waals surface area contributed by atoms with Gasteiger partial charge in [-0.3, -0.25) is 14.3 Å². The van der Waals surface area contributed by atoms with Crippen molar-refractivity contribution in [2.45, 2.75) is 38.3 Å². The second kappa shape index (κ2) is 9.24. The van der Waals surface area contributed by atoms with Gasteiger partial charge in [0.15, 0.2) is 0 Å². The minimum absolute atomic E-state index is 0.0630. The summed E-state index contributed by atoms with van der Waals surface area (Å²) < 4.78 is 1.46. The SMILES string of the molecule is CN1CCCCC1CCN1CCN(c2ccc3c(=O)n(CCO)cnc3c2)CC1. The van der Waals surface area contributed by atoms with Crippen LogP contribution in [0.1, 0.15) is 25.7 Å². The standard InChI is InChI=1S/C22H33N5O2/c1-24-8-3-2-4-18(24)7-9-25-10-12-26(13-11-25)19-5-6-20-21(16-19)23-17-27(14-15-28)22(20)29/h5-6,16-18,28H,2-4,7-15H2,1H3. The first-order chi connectivity index (χ1) is 14.2. The van der Waals surface area contributed by atoms with Gasteiger partial charge in [-0.2, -0.15) is 0 Å². The Labute approximate surface area is 172 Å². The lowest BCUT2D eigenvalue weighted by atomic mass is 10.00. The Morgan fingerprint density at radius 2 is 1.93 bits per heavy atom. The third-order valence-electron chi connectivity index (χ3n) is 6.59. The van der Waals surface area contributed by atoms with Gasteiger partial charge in [0, 0.05) is 37.9 Å². The topological polar surface area (TPSA) is 64.8 Å². The van der Waals surface area contributed by atoms with Crippen molar-refractivity contribution in [3.05, 3.63) is 34.9 Å². The van der Waals surface area contributed by atoms with E-state index in [0.29, 0.717) is 5.39 Å². The fourth-order valence-electron chi connectivity index (χ4n) is 4.68. The van der Waals surface area contributed by atoms with Crippen LogP contribution in [0.2, 0.25) is 0 Å². The lowest BCUT2D eigenvalue weighted by molar-refractivity contribution is 0.151. The van der Waals surface area contributed by atoms with Crippen LogP contribution in [0.15, 0.2) is 29.3 Å². The Hall–Kier alpha value is -1.96. The number of piperazine rings is 1. The Bertz CT molecular complexity index is 875. The number of piperidine rings is 1. The smallest absolute Gasteiger partial charge is 0.261 e. The van der Waals surface area contributed by atoms with E-state index >= 15 is 0 Å². The summed E-state index contributed by atoms with van der Waals surface area (Å²) in [6.45, 7) is 6.84. The predicted octanol–water partition coefficient (Wildman–Crippen LogP) is 1.39. The summed E-state index contributed by atoms with van der Waals surface area (Å²) >= 11 is 0. The number of benzene rings is 1. The normalized spacial score (nSPS) is 21.7. The highest BCUT2D eigenvalue weighted by atomic mass is 16.3. The van der Waals surface area contributed by atoms with E-state index < -0.39 is 0 Å². The van der Waals surface area contributed by atoms with Gasteiger partial charge in [0.05, 0.1) is 30.4 Å². The molecule has 2 aliphatic rings. The summed E-state index contributed by atoms with van der Waals surface area (Å²) in [7, 11) is 2.27. The Balaban J connectivity index is 1.35. The Kier molecular flexibility index (Phi) is 6.47. The van der Waals surface area contributed by atoms with Crippen LogP contribution in [0.4, 0.5) is 5.69 Å². The molecule has 158 valence electrons. The van der Waals surface area contributed by atoms with E-state index in [9.17, 15) is 4.79 Å². The Morgan fingerprint density at radius 1 is 1.10 bits per heavy atom. The number of fused-ring (bicyclic) bond motifs is 1. The molecule has 1 aromatic carbocycles. The lowest BCUT2D eigenvalue weighted by Crippen LogP contribution is -2.48. The third-order valence-corrected chi connectivity index (χ3v) is 6.59. The van der Waals surface area contributed by atoms with Crippen molar-refractivity contribution < 1.29 is 5.11 Å². The molecule has 1 unspecified atom stereocenters. The summed E-state index contributed by atoms with van der Waals surface area (Å²) in [4.78, 5) is 24.4. The monoisotopic (exact) mass is 399 g/mol. The van der Waals surface area contributed by atoms with Crippen molar-refractivity contribution in [1.29, 1.82) is 0 Å². The fraction of sp³-hybridized carbons (Fsp3) is 0.636. The molecule has 2 fully saturated rings. The van der Waals surface area contributed by atoms with E-state index in [1.54, 1.807) is 0 Å². The molecule has 1 aromatic heterocycles. The van der Waals surface area contributed by atoms with E-state index in [1.165, 1.54) is 49.7 Å². The van der Waals surface area contributed by atoms with Gasteiger partial charge in [-0.1, -0.05) is 6.42 Å². The molecule has 3 heterocycles. The molecule has 7 heteroatoms. The van der Waals surface area contributed by atoms with Crippen molar-refractivity contribution in [3.63, 3.8) is 0 Å². The quantitative estimate of drug-likeness (QED) is 0.792. The van der Waals surface area contributed by atoms with Crippen molar-refractivity contribution in [2.75, 3.05) is 57.8 Å². The molecule has 2 saturated heterocycles. The molecule has 0 aliphatic carbocycles. The van der Waals surface area contributed by atoms with Crippen molar-refractivity contribution >= 4 is 16.6 Å². The molecule has 7 nitrogen and oxygen atoms in total. The number of aromatic nitrogens is 2. The summed E-state index contributed by atoms with van der Waals surface area (Å²) in [6, 6.07) is 6.68. The largest absolute Gasteiger partial charge is 0.395 e. The van der Waals surface area contributed by atoms with Crippen LogP contribution in [-0.4, -0.2) is 83.4 Å². The Morgan fingerprint density at radius 3 is 2.69 bits per heavy atom. The number of hydrogen-bond donors (Lipinski definition) is 1. The maximum absolute atomic E-state index is 12.5. The first-order valence-electron chi connectivity index (χ1n) is 10.9. The first-order valence-corrected chi connectivity index (χ1v) is 10.9. The second-order valence-electron chi connectivity index (χ2n) is 8.42. The highest BCUT2D eigenvalue weighted by Crippen LogP contribution is 2.22. The molecule has 0 saturated carbocycles. The van der Waals surface area contributed by atoms with Gasteiger partial charge in [0.25, 0.3) is 5.56 Å². The van der Waals surface area contributed by atoms with E-state index in [0.717, 1.165) is 43.4 Å². The zero-order valence-electron chi connectivity index (χ0n) is 17.5. The molecule has 0 amide bonds. The molecule has 0 bridgehead atoms. The summed E-state index contributed by atoms with van der Waals surface area (Å²) in [6.07, 6.45) is 6.88. The molecule has 29 heavy (non-hydrogen) atoms. The molecular weight excluding hydrogens is 366 g/mol. The van der Waals surface area contributed by atoms with Crippen LogP contribution >= 0.6 is 0 Å². The summed E-state index contributed by atoms with van der Waals surface area (Å²) in [5.74, 6) is 0. The molecule has 2 aromatic rings. The number of hydrogen-bond acceptors (Lipinski definition) is 6. The number of likely N-dealkylation sites (tertiary alicyclic amines) is 1. The number of aliphatic hydroxyl groups is 1. The first kappa shape index (κ1) is 20.3. The van der Waals surface area contributed by atoms with Gasteiger partial charge in [0.2, 0.25) is 0 Å². The maximum Gasteiger partial charge on any atom is 0.261 e. The van der Waals surface area contributed by atoms with Gasteiger partial charge in [-0.15, -0.1) is 0 Å². The zero-order valence-corrected chi connectivity index (χ0v) is 17.5. The second-order valence-corrected chi connectivity index (χ2v) is 8.42. The number of rotatable bonds is 6. The van der Waals surface area contributed by atoms with Crippen LogP contribution in [-0.2, 0) is 6.54 Å². The number of aliphatic hydroxyl groups excluding tert-OH is 1. The molecular formula is C22H33N5O2. The molecule has 0 spiro atoms. The average molecular weight is 400 g/mol. The van der Waals surface area contributed by atoms with Crippen LogP contribution in [0.5, 0.6) is 0 Å². The summed E-state index contributed by atoms with van der Waals surface area (Å²) in [5.41, 5.74) is 1.77. The van der Waals surface area contributed by atoms with Crippen LogP contribution in [0.25, 0.3) is 10.9 Å². The van der Waals surface area contributed by atoms with Gasteiger partial charge in [-0.25, -0.2) is 4.98 Å².